The highest BCUT2D eigenvalue weighted by Gasteiger charge is 2.27. The molecule has 1 saturated heterocycles. The third-order valence-electron chi connectivity index (χ3n) is 3.53. The Bertz CT molecular complexity index is 467. The van der Waals surface area contributed by atoms with E-state index in [-0.39, 0.29) is 0 Å². The summed E-state index contributed by atoms with van der Waals surface area (Å²) in [6, 6.07) is 5.31. The first-order chi connectivity index (χ1) is 9.08. The Labute approximate surface area is 126 Å². The van der Waals surface area contributed by atoms with Crippen molar-refractivity contribution in [2.24, 2.45) is 0 Å². The summed E-state index contributed by atoms with van der Waals surface area (Å²) in [6.45, 7) is 1.41. The minimum atomic E-state index is -0.729. The molecule has 104 valence electrons. The molecule has 0 radical (unpaired) electrons. The van der Waals surface area contributed by atoms with E-state index in [1.807, 2.05) is 23.1 Å². The van der Waals surface area contributed by atoms with Gasteiger partial charge < -0.3 is 5.11 Å². The van der Waals surface area contributed by atoms with Crippen LogP contribution in [0.3, 0.4) is 0 Å². The average Bonchev–Trinajstić information content (AvgIpc) is 2.59. The van der Waals surface area contributed by atoms with Gasteiger partial charge in [0.25, 0.3) is 0 Å². The first-order valence-electron chi connectivity index (χ1n) is 6.48. The SMILES string of the molecule is O=C(O)C1CCCCCN1Cc1cc(Br)ccc1Cl. The molecule has 3 nitrogen and oxygen atoms in total. The van der Waals surface area contributed by atoms with E-state index in [1.54, 1.807) is 0 Å². The first-order valence-corrected chi connectivity index (χ1v) is 7.66. The molecular weight excluding hydrogens is 330 g/mol. The molecule has 1 aromatic carbocycles. The summed E-state index contributed by atoms with van der Waals surface area (Å²) >= 11 is 9.62. The van der Waals surface area contributed by atoms with Crippen molar-refractivity contribution in [3.63, 3.8) is 0 Å². The lowest BCUT2D eigenvalue weighted by atomic mass is 10.1. The molecule has 0 bridgehead atoms. The number of rotatable bonds is 3. The Kier molecular flexibility index (Phi) is 5.25. The summed E-state index contributed by atoms with van der Waals surface area (Å²) in [6.07, 6.45) is 3.86. The van der Waals surface area contributed by atoms with E-state index in [2.05, 4.69) is 15.9 Å². The van der Waals surface area contributed by atoms with Crippen molar-refractivity contribution in [1.82, 2.24) is 4.90 Å². The molecule has 1 fully saturated rings. The Morgan fingerprint density at radius 1 is 1.42 bits per heavy atom. The second-order valence-corrected chi connectivity index (χ2v) is 6.23. The van der Waals surface area contributed by atoms with Gasteiger partial charge in [-0.3, -0.25) is 9.69 Å². The molecule has 2 rings (SSSR count). The van der Waals surface area contributed by atoms with Crippen LogP contribution >= 0.6 is 27.5 Å². The fraction of sp³-hybridized carbons (Fsp3) is 0.500. The van der Waals surface area contributed by atoms with E-state index >= 15 is 0 Å². The number of benzene rings is 1. The van der Waals surface area contributed by atoms with Crippen molar-refractivity contribution in [3.05, 3.63) is 33.3 Å². The summed E-state index contributed by atoms with van der Waals surface area (Å²) in [4.78, 5) is 13.4. The monoisotopic (exact) mass is 345 g/mol. The summed E-state index contributed by atoms with van der Waals surface area (Å²) in [5.74, 6) is -0.729. The van der Waals surface area contributed by atoms with Gasteiger partial charge in [-0.2, -0.15) is 0 Å². The van der Waals surface area contributed by atoms with E-state index in [0.717, 1.165) is 42.3 Å². The lowest BCUT2D eigenvalue weighted by molar-refractivity contribution is -0.143. The molecular formula is C14H17BrClNO2. The van der Waals surface area contributed by atoms with Crippen molar-refractivity contribution < 1.29 is 9.90 Å². The van der Waals surface area contributed by atoms with Crippen LogP contribution in [0, 0.1) is 0 Å². The average molecular weight is 347 g/mol. The molecule has 0 saturated carbocycles. The van der Waals surface area contributed by atoms with Gasteiger partial charge in [-0.25, -0.2) is 0 Å². The van der Waals surface area contributed by atoms with Gasteiger partial charge in [-0.05, 0) is 43.1 Å². The normalized spacial score (nSPS) is 21.1. The first kappa shape index (κ1) is 14.8. The van der Waals surface area contributed by atoms with Crippen LogP contribution in [0.5, 0.6) is 0 Å². The van der Waals surface area contributed by atoms with Crippen molar-refractivity contribution in [2.45, 2.75) is 38.3 Å². The van der Waals surface area contributed by atoms with E-state index in [4.69, 9.17) is 11.6 Å². The molecule has 1 aliphatic heterocycles. The van der Waals surface area contributed by atoms with Crippen LogP contribution in [-0.4, -0.2) is 28.6 Å². The minimum absolute atomic E-state index is 0.391. The second-order valence-electron chi connectivity index (χ2n) is 4.91. The predicted octanol–water partition coefficient (Wildman–Crippen LogP) is 3.93. The van der Waals surface area contributed by atoms with Crippen LogP contribution in [0.25, 0.3) is 0 Å². The lowest BCUT2D eigenvalue weighted by Gasteiger charge is -2.27. The van der Waals surface area contributed by atoms with Crippen LogP contribution in [0.15, 0.2) is 22.7 Å². The fourth-order valence-corrected chi connectivity index (χ4v) is 3.11. The van der Waals surface area contributed by atoms with Gasteiger partial charge in [0.05, 0.1) is 0 Å². The van der Waals surface area contributed by atoms with Gasteiger partial charge in [0, 0.05) is 16.0 Å². The number of carboxylic acids is 1. The van der Waals surface area contributed by atoms with Gasteiger partial charge in [-0.1, -0.05) is 40.4 Å². The standard InChI is InChI=1S/C14H17BrClNO2/c15-11-5-6-12(16)10(8-11)9-17-7-3-1-2-4-13(17)14(18)19/h5-6,8,13H,1-4,7,9H2,(H,18,19). The molecule has 5 heteroatoms. The molecule has 0 aromatic heterocycles. The number of hydrogen-bond acceptors (Lipinski definition) is 2. The van der Waals surface area contributed by atoms with Crippen LogP contribution in [0.2, 0.25) is 5.02 Å². The molecule has 0 amide bonds. The maximum Gasteiger partial charge on any atom is 0.320 e. The Balaban J connectivity index is 2.18. The fourth-order valence-electron chi connectivity index (χ4n) is 2.52. The number of aliphatic carboxylic acids is 1. The quantitative estimate of drug-likeness (QED) is 0.901. The summed E-state index contributed by atoms with van der Waals surface area (Å²) in [5.41, 5.74) is 0.976. The van der Waals surface area contributed by atoms with E-state index < -0.39 is 12.0 Å². The molecule has 1 N–H and O–H groups in total. The number of carbonyl (C=O) groups is 1. The van der Waals surface area contributed by atoms with Gasteiger partial charge in [0.2, 0.25) is 0 Å². The van der Waals surface area contributed by atoms with Crippen LogP contribution in [0.4, 0.5) is 0 Å². The molecule has 1 atom stereocenters. The third kappa shape index (κ3) is 3.94. The van der Waals surface area contributed by atoms with Crippen molar-refractivity contribution in [1.29, 1.82) is 0 Å². The molecule has 0 aliphatic carbocycles. The highest BCUT2D eigenvalue weighted by Crippen LogP contribution is 2.25. The number of likely N-dealkylation sites (tertiary alicyclic amines) is 1. The summed E-state index contributed by atoms with van der Waals surface area (Å²) < 4.78 is 0.966. The van der Waals surface area contributed by atoms with E-state index in [9.17, 15) is 9.90 Å². The van der Waals surface area contributed by atoms with Crippen LogP contribution in [-0.2, 0) is 11.3 Å². The minimum Gasteiger partial charge on any atom is -0.480 e. The number of hydrogen-bond donors (Lipinski definition) is 1. The molecule has 0 spiro atoms. The Morgan fingerprint density at radius 2 is 2.21 bits per heavy atom. The zero-order valence-electron chi connectivity index (χ0n) is 10.6. The van der Waals surface area contributed by atoms with Gasteiger partial charge in [-0.15, -0.1) is 0 Å². The lowest BCUT2D eigenvalue weighted by Crippen LogP contribution is -2.40. The molecule has 19 heavy (non-hydrogen) atoms. The zero-order valence-corrected chi connectivity index (χ0v) is 13.0. The smallest absolute Gasteiger partial charge is 0.320 e. The van der Waals surface area contributed by atoms with Crippen molar-refractivity contribution >= 4 is 33.5 Å². The van der Waals surface area contributed by atoms with Gasteiger partial charge >= 0.3 is 5.97 Å². The largest absolute Gasteiger partial charge is 0.480 e. The summed E-state index contributed by atoms with van der Waals surface area (Å²) in [5, 5.41) is 10.0. The second kappa shape index (κ2) is 6.73. The third-order valence-corrected chi connectivity index (χ3v) is 4.39. The van der Waals surface area contributed by atoms with Crippen LogP contribution in [0.1, 0.15) is 31.2 Å². The topological polar surface area (TPSA) is 40.5 Å². The maximum absolute atomic E-state index is 11.4. The predicted molar refractivity (Wildman–Crippen MR) is 79.5 cm³/mol. The van der Waals surface area contributed by atoms with Gasteiger partial charge in [0.15, 0.2) is 0 Å². The van der Waals surface area contributed by atoms with Crippen molar-refractivity contribution in [3.8, 4) is 0 Å². The molecule has 1 aromatic rings. The van der Waals surface area contributed by atoms with E-state index in [0.29, 0.717) is 11.6 Å². The van der Waals surface area contributed by atoms with Crippen LogP contribution < -0.4 is 0 Å². The highest BCUT2D eigenvalue weighted by atomic mass is 79.9. The molecule has 1 unspecified atom stereocenters. The van der Waals surface area contributed by atoms with Crippen molar-refractivity contribution in [2.75, 3.05) is 6.54 Å². The molecule has 1 heterocycles. The maximum atomic E-state index is 11.4. The summed E-state index contributed by atoms with van der Waals surface area (Å²) in [7, 11) is 0. The highest BCUT2D eigenvalue weighted by molar-refractivity contribution is 9.10. The number of carboxylic acid groups (broad SMARTS) is 1. The Hall–Kier alpha value is -0.580. The molecule has 1 aliphatic rings. The Morgan fingerprint density at radius 3 is 2.95 bits per heavy atom. The van der Waals surface area contributed by atoms with E-state index in [1.165, 1.54) is 0 Å². The zero-order chi connectivity index (χ0) is 13.8. The van der Waals surface area contributed by atoms with Gasteiger partial charge in [0.1, 0.15) is 6.04 Å². The number of halogens is 2. The number of nitrogens with zero attached hydrogens (tertiary/aromatic N) is 1.